The van der Waals surface area contributed by atoms with Crippen molar-refractivity contribution in [3.63, 3.8) is 0 Å². The van der Waals surface area contributed by atoms with Crippen LogP contribution in [0.25, 0.3) is 0 Å². The maximum Gasteiger partial charge on any atom is 0.317 e. The largest absolute Gasteiger partial charge is 0.351 e. The van der Waals surface area contributed by atoms with Gasteiger partial charge in [-0.05, 0) is 19.4 Å². The predicted molar refractivity (Wildman–Crippen MR) is 36.7 cm³/mol. The van der Waals surface area contributed by atoms with Gasteiger partial charge in [-0.3, -0.25) is 5.32 Å². The molecule has 0 saturated carbocycles. The molecule has 0 aliphatic carbocycles. The Morgan fingerprint density at radius 2 is 2.10 bits per heavy atom. The van der Waals surface area contributed by atoms with E-state index in [0.29, 0.717) is 0 Å². The molecule has 0 aromatic heterocycles. The Balaban J connectivity index is 4.30. The van der Waals surface area contributed by atoms with E-state index in [1.54, 1.807) is 19.9 Å². The van der Waals surface area contributed by atoms with E-state index in [1.807, 2.05) is 0 Å². The van der Waals surface area contributed by atoms with E-state index in [-0.39, 0.29) is 5.70 Å². The summed E-state index contributed by atoms with van der Waals surface area (Å²) in [5.41, 5.74) is 5.72. The second-order valence-electron chi connectivity index (χ2n) is 1.98. The number of nitrogens with one attached hydrogen (secondary N) is 1. The van der Waals surface area contributed by atoms with Crippen LogP contribution >= 0.6 is 0 Å². The standard InChI is InChI=1S/C6H9N3O/c1-4(2)5(3-7)9-6(8)10/h1-2H3,(H3,8,9,10). The first kappa shape index (κ1) is 8.50. The van der Waals surface area contributed by atoms with Crippen LogP contribution in [0.5, 0.6) is 0 Å². The number of hydrogen-bond donors (Lipinski definition) is 2. The summed E-state index contributed by atoms with van der Waals surface area (Å²) in [6.07, 6.45) is 0. The van der Waals surface area contributed by atoms with E-state index in [2.05, 4.69) is 5.32 Å². The van der Waals surface area contributed by atoms with Crippen molar-refractivity contribution in [2.45, 2.75) is 13.8 Å². The van der Waals surface area contributed by atoms with Crippen LogP contribution < -0.4 is 11.1 Å². The van der Waals surface area contributed by atoms with Gasteiger partial charge < -0.3 is 5.73 Å². The first-order valence-electron chi connectivity index (χ1n) is 2.72. The summed E-state index contributed by atoms with van der Waals surface area (Å²) in [5, 5.41) is 10.6. The van der Waals surface area contributed by atoms with Gasteiger partial charge in [0.25, 0.3) is 0 Å². The smallest absolute Gasteiger partial charge is 0.317 e. The number of amides is 2. The number of hydrogen-bond acceptors (Lipinski definition) is 2. The summed E-state index contributed by atoms with van der Waals surface area (Å²) in [4.78, 5) is 10.2. The van der Waals surface area contributed by atoms with Gasteiger partial charge in [0.05, 0.1) is 0 Å². The number of nitrogens with zero attached hydrogens (tertiary/aromatic N) is 1. The normalized spacial score (nSPS) is 7.70. The van der Waals surface area contributed by atoms with Crippen molar-refractivity contribution >= 4 is 6.03 Å². The molecule has 0 bridgehead atoms. The Labute approximate surface area is 59.3 Å². The Morgan fingerprint density at radius 3 is 2.20 bits per heavy atom. The molecule has 2 amide bonds. The second kappa shape index (κ2) is 3.51. The molecule has 0 aromatic carbocycles. The monoisotopic (exact) mass is 139 g/mol. The zero-order valence-electron chi connectivity index (χ0n) is 5.93. The summed E-state index contributed by atoms with van der Waals surface area (Å²) < 4.78 is 0. The van der Waals surface area contributed by atoms with E-state index < -0.39 is 6.03 Å². The van der Waals surface area contributed by atoms with Crippen LogP contribution in [-0.2, 0) is 0 Å². The molecule has 0 saturated heterocycles. The number of carbonyl (C=O) groups excluding carboxylic acids is 1. The fourth-order valence-electron chi connectivity index (χ4n) is 0.388. The highest BCUT2D eigenvalue weighted by atomic mass is 16.2. The van der Waals surface area contributed by atoms with Crippen molar-refractivity contribution in [3.05, 3.63) is 11.3 Å². The Morgan fingerprint density at radius 1 is 1.60 bits per heavy atom. The average Bonchev–Trinajstić information content (AvgIpc) is 1.81. The van der Waals surface area contributed by atoms with Crippen LogP contribution in [0, 0.1) is 11.3 Å². The lowest BCUT2D eigenvalue weighted by Gasteiger charge is -1.98. The molecule has 0 rings (SSSR count). The summed E-state index contributed by atoms with van der Waals surface area (Å²) in [6.45, 7) is 3.43. The lowest BCUT2D eigenvalue weighted by atomic mass is 10.3. The van der Waals surface area contributed by atoms with Crippen molar-refractivity contribution in [1.29, 1.82) is 5.26 Å². The maximum absolute atomic E-state index is 10.2. The molecule has 10 heavy (non-hydrogen) atoms. The lowest BCUT2D eigenvalue weighted by Crippen LogP contribution is -2.28. The highest BCUT2D eigenvalue weighted by molar-refractivity contribution is 5.74. The topological polar surface area (TPSA) is 78.9 Å². The van der Waals surface area contributed by atoms with E-state index in [0.717, 1.165) is 5.57 Å². The van der Waals surface area contributed by atoms with Crippen molar-refractivity contribution in [3.8, 4) is 6.07 Å². The number of nitrogens with two attached hydrogens (primary N) is 1. The minimum absolute atomic E-state index is 0.215. The Hall–Kier alpha value is -1.50. The van der Waals surface area contributed by atoms with E-state index in [1.165, 1.54) is 0 Å². The number of nitriles is 1. The van der Waals surface area contributed by atoms with Gasteiger partial charge in [0.15, 0.2) is 0 Å². The second-order valence-corrected chi connectivity index (χ2v) is 1.98. The SMILES string of the molecule is CC(C)=C(C#N)NC(N)=O. The molecule has 0 radical (unpaired) electrons. The van der Waals surface area contributed by atoms with Crippen LogP contribution in [-0.4, -0.2) is 6.03 Å². The van der Waals surface area contributed by atoms with Gasteiger partial charge in [-0.25, -0.2) is 4.79 Å². The third-order valence-corrected chi connectivity index (χ3v) is 0.860. The van der Waals surface area contributed by atoms with E-state index in [4.69, 9.17) is 11.0 Å². The minimum Gasteiger partial charge on any atom is -0.351 e. The summed E-state index contributed by atoms with van der Waals surface area (Å²) >= 11 is 0. The fraction of sp³-hybridized carbons (Fsp3) is 0.333. The van der Waals surface area contributed by atoms with Gasteiger partial charge in [-0.1, -0.05) is 0 Å². The molecule has 0 aliphatic heterocycles. The van der Waals surface area contributed by atoms with E-state index >= 15 is 0 Å². The van der Waals surface area contributed by atoms with Crippen LogP contribution in [0.4, 0.5) is 4.79 Å². The summed E-state index contributed by atoms with van der Waals surface area (Å²) in [6, 6.07) is 1.09. The number of rotatable bonds is 1. The van der Waals surface area contributed by atoms with Crippen LogP contribution in [0.15, 0.2) is 11.3 Å². The molecule has 0 atom stereocenters. The molecule has 0 heterocycles. The third kappa shape index (κ3) is 2.72. The molecule has 0 aromatic rings. The molecule has 4 heteroatoms. The van der Waals surface area contributed by atoms with Crippen LogP contribution in [0.3, 0.4) is 0 Å². The van der Waals surface area contributed by atoms with Crippen molar-refractivity contribution in [2.75, 3.05) is 0 Å². The van der Waals surface area contributed by atoms with Gasteiger partial charge in [-0.15, -0.1) is 0 Å². The highest BCUT2D eigenvalue weighted by Gasteiger charge is 1.98. The summed E-state index contributed by atoms with van der Waals surface area (Å²) in [5.74, 6) is 0. The Bertz CT molecular complexity index is 208. The Kier molecular flexibility index (Phi) is 2.98. The molecule has 0 aliphatic rings. The first-order chi connectivity index (χ1) is 4.57. The molecule has 3 N–H and O–H groups in total. The zero-order valence-corrected chi connectivity index (χ0v) is 5.93. The zero-order chi connectivity index (χ0) is 8.15. The number of carbonyl (C=O) groups is 1. The maximum atomic E-state index is 10.2. The third-order valence-electron chi connectivity index (χ3n) is 0.860. The molecule has 0 spiro atoms. The fourth-order valence-corrected chi connectivity index (χ4v) is 0.388. The van der Waals surface area contributed by atoms with Crippen molar-refractivity contribution in [1.82, 2.24) is 5.32 Å². The first-order valence-corrected chi connectivity index (χ1v) is 2.72. The quantitative estimate of drug-likeness (QED) is 0.518. The van der Waals surface area contributed by atoms with Gasteiger partial charge >= 0.3 is 6.03 Å². The number of urea groups is 1. The van der Waals surface area contributed by atoms with Crippen molar-refractivity contribution in [2.24, 2.45) is 5.73 Å². The molecule has 4 nitrogen and oxygen atoms in total. The predicted octanol–water partition coefficient (Wildman–Crippen LogP) is 0.472. The summed E-state index contributed by atoms with van der Waals surface area (Å²) in [7, 11) is 0. The number of allylic oxidation sites excluding steroid dienone is 2. The lowest BCUT2D eigenvalue weighted by molar-refractivity contribution is 0.251. The van der Waals surface area contributed by atoms with Crippen LogP contribution in [0.1, 0.15) is 13.8 Å². The molecule has 0 unspecified atom stereocenters. The van der Waals surface area contributed by atoms with Crippen LogP contribution in [0.2, 0.25) is 0 Å². The molecule has 0 fully saturated rings. The molecular formula is C6H9N3O. The van der Waals surface area contributed by atoms with Gasteiger partial charge in [0, 0.05) is 0 Å². The molecular weight excluding hydrogens is 130 g/mol. The van der Waals surface area contributed by atoms with Gasteiger partial charge in [0.2, 0.25) is 0 Å². The van der Waals surface area contributed by atoms with Crippen molar-refractivity contribution < 1.29 is 4.79 Å². The average molecular weight is 139 g/mol. The van der Waals surface area contributed by atoms with Gasteiger partial charge in [-0.2, -0.15) is 5.26 Å². The molecule has 54 valence electrons. The van der Waals surface area contributed by atoms with Gasteiger partial charge in [0.1, 0.15) is 11.8 Å². The number of primary amides is 1. The minimum atomic E-state index is -0.710. The highest BCUT2D eigenvalue weighted by Crippen LogP contribution is 1.95. The van der Waals surface area contributed by atoms with E-state index in [9.17, 15) is 4.79 Å².